The zero-order chi connectivity index (χ0) is 14.7. The van der Waals surface area contributed by atoms with Gasteiger partial charge in [0.25, 0.3) is 0 Å². The molecule has 2 aliphatic rings. The van der Waals surface area contributed by atoms with Gasteiger partial charge < -0.3 is 0 Å². The van der Waals surface area contributed by atoms with Crippen LogP contribution < -0.4 is 0 Å². The number of fused-ring (bicyclic) bond motifs is 2. The third-order valence-electron chi connectivity index (χ3n) is 6.00. The van der Waals surface area contributed by atoms with E-state index in [0.29, 0.717) is 17.6 Å². The quantitative estimate of drug-likeness (QED) is 0.678. The van der Waals surface area contributed by atoms with Gasteiger partial charge in [0.2, 0.25) is 0 Å². The molecule has 0 aliphatic heterocycles. The molecule has 2 saturated carbocycles. The third kappa shape index (κ3) is 1.58. The molecule has 0 aromatic heterocycles. The van der Waals surface area contributed by atoms with Crippen molar-refractivity contribution < 1.29 is 4.79 Å². The molecular weight excluding hydrogens is 244 g/mol. The lowest BCUT2D eigenvalue weighted by Gasteiger charge is -2.31. The predicted molar refractivity (Wildman–Crippen MR) is 83.3 cm³/mol. The summed E-state index contributed by atoms with van der Waals surface area (Å²) >= 11 is 0. The van der Waals surface area contributed by atoms with E-state index in [4.69, 9.17) is 0 Å². The Balaban J connectivity index is 2.07. The number of rotatable bonds is 1. The van der Waals surface area contributed by atoms with E-state index in [1.807, 2.05) is 0 Å². The SMILES string of the molecule is Cc1ccc(/C=C2/C(=O)C3(C)CC(C)C2C3(C)C)cc1. The minimum absolute atomic E-state index is 0.0834. The number of hydrogen-bond acceptors (Lipinski definition) is 1. The maximum atomic E-state index is 12.9. The molecule has 0 radical (unpaired) electrons. The van der Waals surface area contributed by atoms with E-state index in [1.165, 1.54) is 5.56 Å². The van der Waals surface area contributed by atoms with Gasteiger partial charge in [-0.1, -0.05) is 57.5 Å². The van der Waals surface area contributed by atoms with Crippen LogP contribution in [0.15, 0.2) is 29.8 Å². The smallest absolute Gasteiger partial charge is 0.165 e. The van der Waals surface area contributed by atoms with E-state index < -0.39 is 0 Å². The summed E-state index contributed by atoms with van der Waals surface area (Å²) in [5, 5.41) is 0. The highest BCUT2D eigenvalue weighted by Crippen LogP contribution is 2.67. The monoisotopic (exact) mass is 268 g/mol. The van der Waals surface area contributed by atoms with Gasteiger partial charge in [0.1, 0.15) is 0 Å². The number of aryl methyl sites for hydroxylation is 1. The second-order valence-electron chi connectivity index (χ2n) is 7.55. The van der Waals surface area contributed by atoms with Gasteiger partial charge in [-0.15, -0.1) is 0 Å². The molecule has 1 aromatic rings. The second-order valence-corrected chi connectivity index (χ2v) is 7.55. The molecule has 3 atom stereocenters. The molecule has 0 heterocycles. The molecule has 1 nitrogen and oxygen atoms in total. The minimum Gasteiger partial charge on any atom is -0.294 e. The molecule has 106 valence electrons. The first-order chi connectivity index (χ1) is 9.27. The number of hydrogen-bond donors (Lipinski definition) is 0. The van der Waals surface area contributed by atoms with Crippen LogP contribution >= 0.6 is 0 Å². The van der Waals surface area contributed by atoms with Crippen LogP contribution in [0, 0.1) is 29.6 Å². The van der Waals surface area contributed by atoms with Crippen molar-refractivity contribution in [1.82, 2.24) is 0 Å². The Morgan fingerprint density at radius 2 is 1.75 bits per heavy atom. The van der Waals surface area contributed by atoms with Gasteiger partial charge in [-0.2, -0.15) is 0 Å². The Morgan fingerprint density at radius 1 is 1.15 bits per heavy atom. The highest BCUT2D eigenvalue weighted by Gasteiger charge is 2.66. The molecule has 1 heteroatoms. The molecule has 0 amide bonds. The van der Waals surface area contributed by atoms with E-state index in [-0.39, 0.29) is 10.8 Å². The molecule has 2 aliphatic carbocycles. The summed E-state index contributed by atoms with van der Waals surface area (Å²) in [5.74, 6) is 1.39. The first-order valence-electron chi connectivity index (χ1n) is 7.60. The fraction of sp³-hybridized carbons (Fsp3) is 0.526. The number of carbonyl (C=O) groups is 1. The van der Waals surface area contributed by atoms with E-state index in [9.17, 15) is 4.79 Å². The van der Waals surface area contributed by atoms with Crippen LogP contribution in [0.4, 0.5) is 0 Å². The standard InChI is InChI=1S/C19H24O/c1-12-6-8-14(9-7-12)10-15-16-13(2)11-19(5,17(15)20)18(16,3)4/h6-10,13,16H,11H2,1-5H3/b15-10+. The zero-order valence-corrected chi connectivity index (χ0v) is 13.2. The van der Waals surface area contributed by atoms with Crippen LogP contribution in [-0.4, -0.2) is 5.78 Å². The fourth-order valence-electron chi connectivity index (χ4n) is 4.62. The summed E-state index contributed by atoms with van der Waals surface area (Å²) in [6.07, 6.45) is 3.17. The molecule has 0 saturated heterocycles. The summed E-state index contributed by atoms with van der Waals surface area (Å²) in [4.78, 5) is 12.9. The Hall–Kier alpha value is -1.37. The maximum Gasteiger partial charge on any atom is 0.165 e. The third-order valence-corrected chi connectivity index (χ3v) is 6.00. The Kier molecular flexibility index (Phi) is 2.77. The summed E-state index contributed by atoms with van der Waals surface area (Å²) in [5.41, 5.74) is 3.37. The molecule has 20 heavy (non-hydrogen) atoms. The number of allylic oxidation sites excluding steroid dienone is 1. The zero-order valence-electron chi connectivity index (χ0n) is 13.2. The van der Waals surface area contributed by atoms with Crippen molar-refractivity contribution in [1.29, 1.82) is 0 Å². The summed E-state index contributed by atoms with van der Waals surface area (Å²) in [6.45, 7) is 11.1. The van der Waals surface area contributed by atoms with Crippen molar-refractivity contribution >= 4 is 11.9 Å². The molecule has 3 rings (SSSR count). The largest absolute Gasteiger partial charge is 0.294 e. The molecule has 2 fully saturated rings. The van der Waals surface area contributed by atoms with Gasteiger partial charge in [-0.25, -0.2) is 0 Å². The topological polar surface area (TPSA) is 17.1 Å². The van der Waals surface area contributed by atoms with Crippen LogP contribution in [0.1, 0.15) is 45.2 Å². The lowest BCUT2D eigenvalue weighted by atomic mass is 9.70. The Bertz CT molecular complexity index is 591. The van der Waals surface area contributed by atoms with Gasteiger partial charge in [-0.05, 0) is 42.2 Å². The number of benzene rings is 1. The highest BCUT2D eigenvalue weighted by molar-refractivity contribution is 6.08. The maximum absolute atomic E-state index is 12.9. The van der Waals surface area contributed by atoms with Crippen molar-refractivity contribution in [2.75, 3.05) is 0 Å². The van der Waals surface area contributed by atoms with Gasteiger partial charge in [0.05, 0.1) is 0 Å². The minimum atomic E-state index is -0.173. The van der Waals surface area contributed by atoms with E-state index in [1.54, 1.807) is 0 Å². The molecular formula is C19H24O. The number of Topliss-reactive ketones (excluding diaryl/α,β-unsaturated/α-hetero) is 1. The Labute approximate surface area is 122 Å². The number of carbonyl (C=O) groups excluding carboxylic acids is 1. The predicted octanol–water partition coefficient (Wildman–Crippen LogP) is 4.65. The van der Waals surface area contributed by atoms with Gasteiger partial charge in [0.15, 0.2) is 5.78 Å². The average molecular weight is 268 g/mol. The van der Waals surface area contributed by atoms with Crippen molar-refractivity contribution in [3.8, 4) is 0 Å². The Morgan fingerprint density at radius 3 is 2.30 bits per heavy atom. The second kappa shape index (κ2) is 4.07. The fourth-order valence-corrected chi connectivity index (χ4v) is 4.62. The van der Waals surface area contributed by atoms with Crippen LogP contribution in [0.5, 0.6) is 0 Å². The van der Waals surface area contributed by atoms with Gasteiger partial charge >= 0.3 is 0 Å². The van der Waals surface area contributed by atoms with Crippen LogP contribution in [0.3, 0.4) is 0 Å². The first kappa shape index (κ1) is 13.6. The van der Waals surface area contributed by atoms with Crippen LogP contribution in [0.2, 0.25) is 0 Å². The average Bonchev–Trinajstić information content (AvgIpc) is 2.63. The van der Waals surface area contributed by atoms with Gasteiger partial charge in [0, 0.05) is 11.0 Å². The lowest BCUT2D eigenvalue weighted by molar-refractivity contribution is -0.125. The molecule has 2 bridgehead atoms. The van der Waals surface area contributed by atoms with Crippen LogP contribution in [0.25, 0.3) is 6.08 Å². The summed E-state index contributed by atoms with van der Waals surface area (Å²) < 4.78 is 0. The van der Waals surface area contributed by atoms with E-state index >= 15 is 0 Å². The van der Waals surface area contributed by atoms with Crippen molar-refractivity contribution in [3.63, 3.8) is 0 Å². The van der Waals surface area contributed by atoms with Crippen molar-refractivity contribution in [3.05, 3.63) is 41.0 Å². The molecule has 0 spiro atoms. The van der Waals surface area contributed by atoms with Crippen molar-refractivity contribution in [2.24, 2.45) is 22.7 Å². The number of ketones is 1. The molecule has 3 unspecified atom stereocenters. The van der Waals surface area contributed by atoms with E-state index in [2.05, 4.69) is 65.0 Å². The van der Waals surface area contributed by atoms with Crippen LogP contribution in [-0.2, 0) is 4.79 Å². The normalized spacial score (nSPS) is 36.9. The molecule has 0 N–H and O–H groups in total. The highest BCUT2D eigenvalue weighted by atomic mass is 16.1. The first-order valence-corrected chi connectivity index (χ1v) is 7.60. The van der Waals surface area contributed by atoms with Crippen molar-refractivity contribution in [2.45, 2.75) is 41.0 Å². The van der Waals surface area contributed by atoms with E-state index in [0.717, 1.165) is 17.6 Å². The van der Waals surface area contributed by atoms with Gasteiger partial charge in [-0.3, -0.25) is 4.79 Å². The summed E-state index contributed by atoms with van der Waals surface area (Å²) in [6, 6.07) is 8.45. The summed E-state index contributed by atoms with van der Waals surface area (Å²) in [7, 11) is 0. The molecule has 1 aromatic carbocycles. The lowest BCUT2D eigenvalue weighted by Crippen LogP contribution is -2.32.